The van der Waals surface area contributed by atoms with Crippen molar-refractivity contribution in [1.29, 1.82) is 0 Å². The number of halogens is 3. The van der Waals surface area contributed by atoms with Crippen molar-refractivity contribution in [2.75, 3.05) is 10.6 Å². The number of nitrogens with one attached hydrogen (secondary N) is 2. The lowest BCUT2D eigenvalue weighted by Crippen LogP contribution is -2.13. The minimum atomic E-state index is -4.52. The first-order valence-electron chi connectivity index (χ1n) is 10.1. The van der Waals surface area contributed by atoms with Crippen LogP contribution in [0.2, 0.25) is 0 Å². The Morgan fingerprint density at radius 3 is 2.29 bits per heavy atom. The molecule has 2 N–H and O–H groups in total. The van der Waals surface area contributed by atoms with Crippen molar-refractivity contribution < 1.29 is 18.0 Å². The third-order valence-corrected chi connectivity index (χ3v) is 4.65. The molecule has 0 fully saturated rings. The van der Waals surface area contributed by atoms with Crippen LogP contribution in [0, 0.1) is 0 Å². The van der Waals surface area contributed by atoms with Gasteiger partial charge in [-0.1, -0.05) is 30.4 Å². The lowest BCUT2D eigenvalue weighted by atomic mass is 10.1. The number of pyridine rings is 1. The normalized spacial score (nSPS) is 11.4. The van der Waals surface area contributed by atoms with Gasteiger partial charge in [0.1, 0.15) is 0 Å². The molecule has 4 aromatic rings. The van der Waals surface area contributed by atoms with Crippen molar-refractivity contribution >= 4 is 35.4 Å². The third-order valence-electron chi connectivity index (χ3n) is 4.65. The number of rotatable bonds is 6. The van der Waals surface area contributed by atoms with E-state index in [1.54, 1.807) is 49.1 Å². The SMILES string of the molecule is O=C(Nc1cccc(/C=C/c2cnc(Nc3cccnc3)nc2)c1)c1cccc(C(F)(F)F)c1. The highest BCUT2D eigenvalue weighted by Gasteiger charge is 2.30. The van der Waals surface area contributed by atoms with E-state index >= 15 is 0 Å². The molecule has 4 rings (SSSR count). The van der Waals surface area contributed by atoms with Crippen LogP contribution in [0.15, 0.2) is 85.5 Å². The highest BCUT2D eigenvalue weighted by molar-refractivity contribution is 6.04. The van der Waals surface area contributed by atoms with Crippen molar-refractivity contribution in [2.45, 2.75) is 6.18 Å². The highest BCUT2D eigenvalue weighted by atomic mass is 19.4. The third kappa shape index (κ3) is 6.04. The van der Waals surface area contributed by atoms with Crippen LogP contribution in [0.3, 0.4) is 0 Å². The quantitative estimate of drug-likeness (QED) is 0.365. The minimum Gasteiger partial charge on any atom is -0.323 e. The summed E-state index contributed by atoms with van der Waals surface area (Å²) >= 11 is 0. The monoisotopic (exact) mass is 461 g/mol. The molecule has 0 saturated heterocycles. The smallest absolute Gasteiger partial charge is 0.323 e. The van der Waals surface area contributed by atoms with Crippen molar-refractivity contribution in [1.82, 2.24) is 15.0 Å². The van der Waals surface area contributed by atoms with E-state index in [0.717, 1.165) is 28.9 Å². The Bertz CT molecular complexity index is 1310. The second-order valence-electron chi connectivity index (χ2n) is 7.20. The summed E-state index contributed by atoms with van der Waals surface area (Å²) < 4.78 is 38.7. The number of benzene rings is 2. The lowest BCUT2D eigenvalue weighted by Gasteiger charge is -2.09. The summed E-state index contributed by atoms with van der Waals surface area (Å²) in [6.07, 6.45) is 5.75. The number of aromatic nitrogens is 3. The summed E-state index contributed by atoms with van der Waals surface area (Å²) in [5, 5.41) is 5.67. The number of hydrogen-bond acceptors (Lipinski definition) is 5. The van der Waals surface area contributed by atoms with Gasteiger partial charge >= 0.3 is 6.18 Å². The van der Waals surface area contributed by atoms with Gasteiger partial charge in [0.2, 0.25) is 5.95 Å². The Kier molecular flexibility index (Phi) is 6.63. The molecule has 0 atom stereocenters. The van der Waals surface area contributed by atoms with Crippen LogP contribution >= 0.6 is 0 Å². The molecule has 0 unspecified atom stereocenters. The van der Waals surface area contributed by atoms with Gasteiger partial charge in [-0.15, -0.1) is 0 Å². The largest absolute Gasteiger partial charge is 0.416 e. The fraction of sp³-hybridized carbons (Fsp3) is 0.0400. The predicted octanol–water partition coefficient (Wildman–Crippen LogP) is 6.06. The topological polar surface area (TPSA) is 79.8 Å². The Hall–Kier alpha value is -4.53. The van der Waals surface area contributed by atoms with Crippen molar-refractivity contribution in [3.8, 4) is 0 Å². The molecule has 2 aromatic carbocycles. The van der Waals surface area contributed by atoms with Gasteiger partial charge in [-0.25, -0.2) is 9.97 Å². The van der Waals surface area contributed by atoms with Crippen LogP contribution in [-0.4, -0.2) is 20.9 Å². The zero-order chi connectivity index (χ0) is 24.0. The van der Waals surface area contributed by atoms with E-state index < -0.39 is 17.6 Å². The molecular weight excluding hydrogens is 443 g/mol. The second kappa shape index (κ2) is 9.95. The predicted molar refractivity (Wildman–Crippen MR) is 124 cm³/mol. The maximum Gasteiger partial charge on any atom is 0.416 e. The van der Waals surface area contributed by atoms with Crippen LogP contribution in [-0.2, 0) is 6.18 Å². The van der Waals surface area contributed by atoms with Crippen molar-refractivity contribution in [3.05, 3.63) is 108 Å². The summed E-state index contributed by atoms with van der Waals surface area (Å²) in [7, 11) is 0. The summed E-state index contributed by atoms with van der Waals surface area (Å²) in [6, 6.07) is 14.9. The van der Waals surface area contributed by atoms with E-state index in [1.165, 1.54) is 12.1 Å². The van der Waals surface area contributed by atoms with E-state index in [4.69, 9.17) is 0 Å². The van der Waals surface area contributed by atoms with Crippen molar-refractivity contribution in [3.63, 3.8) is 0 Å². The zero-order valence-corrected chi connectivity index (χ0v) is 17.6. The highest BCUT2D eigenvalue weighted by Crippen LogP contribution is 2.29. The van der Waals surface area contributed by atoms with Gasteiger partial charge in [0.05, 0.1) is 17.4 Å². The van der Waals surface area contributed by atoms with Crippen molar-refractivity contribution in [2.24, 2.45) is 0 Å². The number of carbonyl (C=O) groups excluding carboxylic acids is 1. The van der Waals surface area contributed by atoms with Crippen LogP contribution < -0.4 is 10.6 Å². The Morgan fingerprint density at radius 2 is 1.56 bits per heavy atom. The van der Waals surface area contributed by atoms with Crippen LogP contribution in [0.25, 0.3) is 12.2 Å². The van der Waals surface area contributed by atoms with Gasteiger partial charge in [0.25, 0.3) is 5.91 Å². The molecule has 0 saturated carbocycles. The molecule has 0 aliphatic carbocycles. The first-order chi connectivity index (χ1) is 16.4. The maximum atomic E-state index is 12.9. The van der Waals surface area contributed by atoms with Crippen LogP contribution in [0.1, 0.15) is 27.0 Å². The Morgan fingerprint density at radius 1 is 0.824 bits per heavy atom. The van der Waals surface area contributed by atoms with Gasteiger partial charge in [0.15, 0.2) is 0 Å². The number of hydrogen-bond donors (Lipinski definition) is 2. The molecule has 34 heavy (non-hydrogen) atoms. The molecule has 9 heteroatoms. The van der Waals surface area contributed by atoms with E-state index in [-0.39, 0.29) is 5.56 Å². The van der Waals surface area contributed by atoms with E-state index in [9.17, 15) is 18.0 Å². The van der Waals surface area contributed by atoms with Crippen LogP contribution in [0.5, 0.6) is 0 Å². The molecule has 0 spiro atoms. The first kappa shape index (κ1) is 22.7. The Balaban J connectivity index is 1.41. The molecule has 6 nitrogen and oxygen atoms in total. The molecule has 2 aromatic heterocycles. The van der Waals surface area contributed by atoms with Crippen LogP contribution in [0.4, 0.5) is 30.5 Å². The van der Waals surface area contributed by atoms with Gasteiger partial charge in [-0.2, -0.15) is 13.2 Å². The molecule has 170 valence electrons. The Labute approximate surface area is 193 Å². The fourth-order valence-electron chi connectivity index (χ4n) is 3.01. The molecule has 0 aliphatic heterocycles. The molecule has 2 heterocycles. The average molecular weight is 461 g/mol. The second-order valence-corrected chi connectivity index (χ2v) is 7.20. The molecule has 0 radical (unpaired) electrons. The van der Waals surface area contributed by atoms with E-state index in [0.29, 0.717) is 11.6 Å². The number of nitrogens with zero attached hydrogens (tertiary/aromatic N) is 3. The number of anilines is 3. The number of alkyl halides is 3. The first-order valence-corrected chi connectivity index (χ1v) is 10.1. The molecule has 0 aliphatic rings. The van der Waals surface area contributed by atoms with Gasteiger partial charge in [-0.3, -0.25) is 9.78 Å². The van der Waals surface area contributed by atoms with E-state index in [1.807, 2.05) is 24.3 Å². The van der Waals surface area contributed by atoms with Gasteiger partial charge in [0, 0.05) is 35.4 Å². The van der Waals surface area contributed by atoms with E-state index in [2.05, 4.69) is 25.6 Å². The van der Waals surface area contributed by atoms with Gasteiger partial charge in [-0.05, 0) is 48.0 Å². The summed E-state index contributed by atoms with van der Waals surface area (Å²) in [6.45, 7) is 0. The minimum absolute atomic E-state index is 0.0760. The fourth-order valence-corrected chi connectivity index (χ4v) is 3.01. The summed E-state index contributed by atoms with van der Waals surface area (Å²) in [5.74, 6) is -0.193. The molecule has 1 amide bonds. The standard InChI is InChI=1S/C25H18F3N5O/c26-25(27,28)20-6-2-5-19(13-20)23(34)32-21-7-1-4-17(12-21)9-10-18-14-30-24(31-15-18)33-22-8-3-11-29-16-22/h1-16H,(H,32,34)(H,30,31,33)/b10-9+. The number of carbonyl (C=O) groups is 1. The summed E-state index contributed by atoms with van der Waals surface area (Å²) in [5.41, 5.74) is 1.81. The zero-order valence-electron chi connectivity index (χ0n) is 17.6. The maximum absolute atomic E-state index is 12.9. The molecular formula is C25H18F3N5O. The molecule has 0 bridgehead atoms. The lowest BCUT2D eigenvalue weighted by molar-refractivity contribution is -0.137. The number of amides is 1. The average Bonchev–Trinajstić information content (AvgIpc) is 2.84. The summed E-state index contributed by atoms with van der Waals surface area (Å²) in [4.78, 5) is 25.0. The van der Waals surface area contributed by atoms with Gasteiger partial charge < -0.3 is 10.6 Å².